The SMILES string of the molecule is CCCCCC(O)C(Br)=C(Br)Br. The van der Waals surface area contributed by atoms with Gasteiger partial charge in [0.15, 0.2) is 0 Å². The first-order chi connectivity index (χ1) is 5.59. The van der Waals surface area contributed by atoms with Crippen molar-refractivity contribution >= 4 is 47.8 Å². The molecule has 0 fully saturated rings. The first-order valence-electron chi connectivity index (χ1n) is 3.98. The molecule has 0 aromatic rings. The molecule has 0 radical (unpaired) electrons. The summed E-state index contributed by atoms with van der Waals surface area (Å²) in [7, 11) is 0. The second-order valence-electron chi connectivity index (χ2n) is 2.62. The fraction of sp³-hybridized carbons (Fsp3) is 0.750. The van der Waals surface area contributed by atoms with Gasteiger partial charge < -0.3 is 5.11 Å². The van der Waals surface area contributed by atoms with E-state index in [0.717, 1.165) is 20.7 Å². The van der Waals surface area contributed by atoms with Crippen LogP contribution in [0.1, 0.15) is 32.6 Å². The number of halogens is 3. The summed E-state index contributed by atoms with van der Waals surface area (Å²) in [6.45, 7) is 2.15. The summed E-state index contributed by atoms with van der Waals surface area (Å²) >= 11 is 9.77. The molecule has 4 heteroatoms. The molecular weight excluding hydrogens is 352 g/mol. The summed E-state index contributed by atoms with van der Waals surface area (Å²) in [6, 6.07) is 0. The zero-order valence-corrected chi connectivity index (χ0v) is 11.7. The van der Waals surface area contributed by atoms with E-state index in [4.69, 9.17) is 0 Å². The van der Waals surface area contributed by atoms with Gasteiger partial charge in [-0.2, -0.15) is 0 Å². The molecule has 0 aromatic heterocycles. The first-order valence-corrected chi connectivity index (χ1v) is 6.36. The molecule has 0 saturated carbocycles. The molecule has 0 bridgehead atoms. The van der Waals surface area contributed by atoms with Crippen LogP contribution in [0.5, 0.6) is 0 Å². The van der Waals surface area contributed by atoms with Gasteiger partial charge in [-0.3, -0.25) is 0 Å². The Morgan fingerprint density at radius 1 is 1.25 bits per heavy atom. The summed E-state index contributed by atoms with van der Waals surface area (Å²) < 4.78 is 1.58. The summed E-state index contributed by atoms with van der Waals surface area (Å²) in [6.07, 6.45) is 3.86. The fourth-order valence-electron chi connectivity index (χ4n) is 0.840. The minimum atomic E-state index is -0.384. The number of hydrogen-bond donors (Lipinski definition) is 1. The van der Waals surface area contributed by atoms with E-state index in [9.17, 15) is 5.11 Å². The van der Waals surface area contributed by atoms with Crippen molar-refractivity contribution < 1.29 is 5.11 Å². The van der Waals surface area contributed by atoms with Crippen LogP contribution in [-0.2, 0) is 0 Å². The van der Waals surface area contributed by atoms with Gasteiger partial charge in [-0.25, -0.2) is 0 Å². The predicted octanol–water partition coefficient (Wildman–Crippen LogP) is 4.28. The van der Waals surface area contributed by atoms with Crippen molar-refractivity contribution in [2.75, 3.05) is 0 Å². The Hall–Kier alpha value is 1.14. The first kappa shape index (κ1) is 13.1. The quantitative estimate of drug-likeness (QED) is 0.722. The average molecular weight is 365 g/mol. The van der Waals surface area contributed by atoms with E-state index in [1.54, 1.807) is 0 Å². The average Bonchev–Trinajstić information content (AvgIpc) is 2.03. The monoisotopic (exact) mass is 362 g/mol. The predicted molar refractivity (Wildman–Crippen MR) is 64.0 cm³/mol. The second-order valence-corrected chi connectivity index (χ2v) is 6.12. The molecule has 0 spiro atoms. The number of aliphatic hydroxyl groups excluding tert-OH is 1. The van der Waals surface area contributed by atoms with Gasteiger partial charge >= 0.3 is 0 Å². The Labute approximate surface area is 99.0 Å². The number of hydrogen-bond acceptors (Lipinski definition) is 1. The molecule has 0 aliphatic carbocycles. The van der Waals surface area contributed by atoms with Crippen molar-refractivity contribution in [2.45, 2.75) is 38.7 Å². The van der Waals surface area contributed by atoms with Crippen LogP contribution < -0.4 is 0 Å². The molecule has 1 unspecified atom stereocenters. The molecule has 72 valence electrons. The Bertz CT molecular complexity index is 152. The zero-order chi connectivity index (χ0) is 9.56. The van der Waals surface area contributed by atoms with E-state index < -0.39 is 0 Å². The van der Waals surface area contributed by atoms with Crippen LogP contribution in [0, 0.1) is 0 Å². The fourth-order valence-corrected chi connectivity index (χ4v) is 1.60. The van der Waals surface area contributed by atoms with Crippen molar-refractivity contribution in [2.24, 2.45) is 0 Å². The lowest BCUT2D eigenvalue weighted by Crippen LogP contribution is -2.06. The highest BCUT2D eigenvalue weighted by Gasteiger charge is 2.09. The van der Waals surface area contributed by atoms with Crippen LogP contribution in [0.15, 0.2) is 7.87 Å². The van der Waals surface area contributed by atoms with E-state index in [1.165, 1.54) is 12.8 Å². The van der Waals surface area contributed by atoms with Gasteiger partial charge in [-0.05, 0) is 38.3 Å². The molecule has 12 heavy (non-hydrogen) atoms. The van der Waals surface area contributed by atoms with Crippen molar-refractivity contribution in [3.8, 4) is 0 Å². The van der Waals surface area contributed by atoms with Gasteiger partial charge in [-0.15, -0.1) is 0 Å². The molecule has 1 atom stereocenters. The van der Waals surface area contributed by atoms with E-state index in [0.29, 0.717) is 0 Å². The van der Waals surface area contributed by atoms with Crippen molar-refractivity contribution in [3.05, 3.63) is 7.87 Å². The Morgan fingerprint density at radius 3 is 2.25 bits per heavy atom. The number of aliphatic hydroxyl groups is 1. The van der Waals surface area contributed by atoms with E-state index >= 15 is 0 Å². The van der Waals surface area contributed by atoms with Crippen LogP contribution in [0.4, 0.5) is 0 Å². The summed E-state index contributed by atoms with van der Waals surface area (Å²) in [5.41, 5.74) is 0. The van der Waals surface area contributed by atoms with Crippen molar-refractivity contribution in [3.63, 3.8) is 0 Å². The topological polar surface area (TPSA) is 20.2 Å². The molecule has 0 aromatic carbocycles. The Morgan fingerprint density at radius 2 is 1.83 bits per heavy atom. The summed E-state index contributed by atoms with van der Waals surface area (Å²) in [4.78, 5) is 0. The summed E-state index contributed by atoms with van der Waals surface area (Å²) in [5, 5.41) is 9.55. The Kier molecular flexibility index (Phi) is 8.25. The zero-order valence-electron chi connectivity index (χ0n) is 6.99. The van der Waals surface area contributed by atoms with Crippen LogP contribution in [0.25, 0.3) is 0 Å². The van der Waals surface area contributed by atoms with Crippen LogP contribution in [0.3, 0.4) is 0 Å². The highest BCUT2D eigenvalue weighted by molar-refractivity contribution is 9.29. The lowest BCUT2D eigenvalue weighted by molar-refractivity contribution is 0.205. The van der Waals surface area contributed by atoms with Gasteiger partial charge in [0.1, 0.15) is 0 Å². The third-order valence-corrected chi connectivity index (χ3v) is 4.40. The largest absolute Gasteiger partial charge is 0.388 e. The van der Waals surface area contributed by atoms with Crippen LogP contribution >= 0.6 is 47.8 Å². The van der Waals surface area contributed by atoms with Gasteiger partial charge in [0.05, 0.1) is 9.50 Å². The van der Waals surface area contributed by atoms with Gasteiger partial charge in [-0.1, -0.05) is 42.1 Å². The van der Waals surface area contributed by atoms with Crippen LogP contribution in [0.2, 0.25) is 0 Å². The highest BCUT2D eigenvalue weighted by atomic mass is 79.9. The maximum atomic E-state index is 9.55. The van der Waals surface area contributed by atoms with E-state index in [-0.39, 0.29) is 6.10 Å². The maximum Gasteiger partial charge on any atom is 0.0871 e. The molecule has 1 N–H and O–H groups in total. The van der Waals surface area contributed by atoms with Crippen molar-refractivity contribution in [1.29, 1.82) is 0 Å². The minimum Gasteiger partial charge on any atom is -0.388 e. The van der Waals surface area contributed by atoms with Gasteiger partial charge in [0.25, 0.3) is 0 Å². The summed E-state index contributed by atoms with van der Waals surface area (Å²) in [5.74, 6) is 0. The number of unbranched alkanes of at least 4 members (excludes halogenated alkanes) is 2. The molecule has 0 aliphatic rings. The molecule has 0 rings (SSSR count). The lowest BCUT2D eigenvalue weighted by atomic mass is 10.1. The molecule has 0 saturated heterocycles. The standard InChI is InChI=1S/C8H13Br3O/c1-2-3-4-5-6(12)7(9)8(10)11/h6,12H,2-5H2,1H3. The maximum absolute atomic E-state index is 9.55. The third-order valence-electron chi connectivity index (χ3n) is 1.55. The molecule has 0 amide bonds. The molecule has 0 aliphatic heterocycles. The number of rotatable bonds is 5. The van der Waals surface area contributed by atoms with Crippen molar-refractivity contribution in [1.82, 2.24) is 0 Å². The Balaban J connectivity index is 3.72. The van der Waals surface area contributed by atoms with Crippen LogP contribution in [-0.4, -0.2) is 11.2 Å². The normalized spacial score (nSPS) is 12.8. The molecule has 0 heterocycles. The highest BCUT2D eigenvalue weighted by Crippen LogP contribution is 2.28. The third kappa shape index (κ3) is 5.73. The second kappa shape index (κ2) is 7.54. The smallest absolute Gasteiger partial charge is 0.0871 e. The lowest BCUT2D eigenvalue weighted by Gasteiger charge is -2.09. The molecule has 1 nitrogen and oxygen atoms in total. The minimum absolute atomic E-state index is 0.384. The van der Waals surface area contributed by atoms with Gasteiger partial charge in [0.2, 0.25) is 0 Å². The molecular formula is C8H13Br3O. The van der Waals surface area contributed by atoms with Gasteiger partial charge in [0, 0.05) is 4.48 Å². The van der Waals surface area contributed by atoms with E-state index in [1.807, 2.05) is 0 Å². The van der Waals surface area contributed by atoms with E-state index in [2.05, 4.69) is 54.7 Å².